The smallest absolute Gasteiger partial charge is 0.277 e. The zero-order chi connectivity index (χ0) is 20.9. The second kappa shape index (κ2) is 9.13. The van der Waals surface area contributed by atoms with Gasteiger partial charge in [-0.15, -0.1) is 0 Å². The number of hydrogen-bond donors (Lipinski definition) is 0. The molecule has 0 atom stereocenters. The van der Waals surface area contributed by atoms with Crippen LogP contribution in [-0.2, 0) is 20.7 Å². The normalized spacial score (nSPS) is 17.1. The number of amides is 2. The first-order chi connectivity index (χ1) is 14.7. The third-order valence-electron chi connectivity index (χ3n) is 5.39. The molecule has 2 heterocycles. The van der Waals surface area contributed by atoms with Crippen molar-refractivity contribution in [1.29, 1.82) is 0 Å². The monoisotopic (exact) mass is 406 g/mol. The zero-order valence-corrected chi connectivity index (χ0v) is 17.2. The Balaban J connectivity index is 1.64. The minimum atomic E-state index is -0.235. The van der Waals surface area contributed by atoms with E-state index < -0.39 is 0 Å². The summed E-state index contributed by atoms with van der Waals surface area (Å²) in [6.07, 6.45) is 0.630. The quantitative estimate of drug-likeness (QED) is 0.662. The van der Waals surface area contributed by atoms with E-state index in [2.05, 4.69) is 0 Å². The van der Waals surface area contributed by atoms with Gasteiger partial charge in [-0.3, -0.25) is 14.5 Å². The van der Waals surface area contributed by atoms with Crippen molar-refractivity contribution >= 4 is 17.4 Å². The number of imide groups is 1. The van der Waals surface area contributed by atoms with E-state index in [-0.39, 0.29) is 11.8 Å². The van der Waals surface area contributed by atoms with Crippen molar-refractivity contribution in [2.24, 2.45) is 0 Å². The number of hydrogen-bond acceptors (Lipinski definition) is 5. The van der Waals surface area contributed by atoms with Crippen molar-refractivity contribution in [3.63, 3.8) is 0 Å². The standard InChI is InChI=1S/C24H26N2O4/c1-2-30-20-10-8-19(9-11-20)21-22(25-14-16-29-17-15-25)24(28)26(23(21)27)13-12-18-6-4-3-5-7-18/h3-11H,2,12-17H2,1H3. The molecule has 0 aliphatic carbocycles. The first-order valence-electron chi connectivity index (χ1n) is 10.4. The Labute approximate surface area is 176 Å². The third-order valence-corrected chi connectivity index (χ3v) is 5.39. The molecule has 6 nitrogen and oxygen atoms in total. The minimum Gasteiger partial charge on any atom is -0.494 e. The first-order valence-corrected chi connectivity index (χ1v) is 10.4. The average molecular weight is 406 g/mol. The topological polar surface area (TPSA) is 59.1 Å². The van der Waals surface area contributed by atoms with Gasteiger partial charge < -0.3 is 14.4 Å². The molecule has 0 spiro atoms. The molecule has 0 N–H and O–H groups in total. The van der Waals surface area contributed by atoms with Gasteiger partial charge >= 0.3 is 0 Å². The number of carbonyl (C=O) groups excluding carboxylic acids is 2. The first kappa shape index (κ1) is 20.2. The molecule has 0 aromatic heterocycles. The molecule has 2 aliphatic rings. The van der Waals surface area contributed by atoms with E-state index in [1.165, 1.54) is 4.90 Å². The fourth-order valence-corrected chi connectivity index (χ4v) is 3.88. The predicted octanol–water partition coefficient (Wildman–Crippen LogP) is 2.74. The Bertz CT molecular complexity index is 931. The van der Waals surface area contributed by atoms with Crippen LogP contribution in [0.2, 0.25) is 0 Å². The molecule has 2 aromatic carbocycles. The summed E-state index contributed by atoms with van der Waals surface area (Å²) in [7, 11) is 0. The van der Waals surface area contributed by atoms with E-state index in [4.69, 9.17) is 9.47 Å². The summed E-state index contributed by atoms with van der Waals surface area (Å²) in [5.74, 6) is 0.288. The number of rotatable bonds is 7. The molecule has 1 fully saturated rings. The summed E-state index contributed by atoms with van der Waals surface area (Å²) >= 11 is 0. The lowest BCUT2D eigenvalue weighted by Gasteiger charge is -2.29. The molecule has 6 heteroatoms. The molecular weight excluding hydrogens is 380 g/mol. The molecular formula is C24H26N2O4. The minimum absolute atomic E-state index is 0.221. The molecule has 30 heavy (non-hydrogen) atoms. The number of ether oxygens (including phenoxy) is 2. The maximum Gasteiger partial charge on any atom is 0.277 e. The van der Waals surface area contributed by atoms with E-state index in [9.17, 15) is 9.59 Å². The summed E-state index contributed by atoms with van der Waals surface area (Å²) in [6.45, 7) is 5.15. The van der Waals surface area contributed by atoms with Crippen molar-refractivity contribution < 1.29 is 19.1 Å². The highest BCUT2D eigenvalue weighted by Crippen LogP contribution is 2.33. The van der Waals surface area contributed by atoms with Crippen molar-refractivity contribution in [3.8, 4) is 5.75 Å². The molecule has 2 aliphatic heterocycles. The fraction of sp³-hybridized carbons (Fsp3) is 0.333. The molecule has 1 saturated heterocycles. The highest BCUT2D eigenvalue weighted by atomic mass is 16.5. The molecule has 0 bridgehead atoms. The number of carbonyl (C=O) groups is 2. The zero-order valence-electron chi connectivity index (χ0n) is 17.2. The summed E-state index contributed by atoms with van der Waals surface area (Å²) in [6, 6.07) is 17.3. The molecule has 0 radical (unpaired) electrons. The van der Waals surface area contributed by atoms with Gasteiger partial charge in [-0.25, -0.2) is 0 Å². The summed E-state index contributed by atoms with van der Waals surface area (Å²) in [4.78, 5) is 30.1. The summed E-state index contributed by atoms with van der Waals surface area (Å²) in [5.41, 5.74) is 2.79. The van der Waals surface area contributed by atoms with Crippen LogP contribution in [0.5, 0.6) is 5.75 Å². The average Bonchev–Trinajstić information content (AvgIpc) is 3.04. The Hall–Kier alpha value is -3.12. The van der Waals surface area contributed by atoms with Gasteiger partial charge in [-0.2, -0.15) is 0 Å². The molecule has 4 rings (SSSR count). The Kier molecular flexibility index (Phi) is 6.14. The van der Waals surface area contributed by atoms with Crippen molar-refractivity contribution in [2.75, 3.05) is 39.5 Å². The lowest BCUT2D eigenvalue weighted by Crippen LogP contribution is -2.40. The van der Waals surface area contributed by atoms with Crippen LogP contribution in [0.4, 0.5) is 0 Å². The Morgan fingerprint density at radius 1 is 0.933 bits per heavy atom. The van der Waals surface area contributed by atoms with Crippen molar-refractivity contribution in [1.82, 2.24) is 9.80 Å². The van der Waals surface area contributed by atoms with Crippen molar-refractivity contribution in [2.45, 2.75) is 13.3 Å². The van der Waals surface area contributed by atoms with Gasteiger partial charge in [0, 0.05) is 19.6 Å². The highest BCUT2D eigenvalue weighted by Gasteiger charge is 2.41. The van der Waals surface area contributed by atoms with Gasteiger partial charge in [0.15, 0.2) is 0 Å². The van der Waals surface area contributed by atoms with Crippen LogP contribution < -0.4 is 4.74 Å². The number of morpholine rings is 1. The van der Waals surface area contributed by atoms with Gasteiger partial charge in [-0.05, 0) is 36.6 Å². The highest BCUT2D eigenvalue weighted by molar-refractivity contribution is 6.35. The maximum atomic E-state index is 13.4. The molecule has 2 amide bonds. The van der Waals surface area contributed by atoms with Gasteiger partial charge in [0.1, 0.15) is 11.4 Å². The predicted molar refractivity (Wildman–Crippen MR) is 114 cm³/mol. The second-order valence-electron chi connectivity index (χ2n) is 7.28. The SMILES string of the molecule is CCOc1ccc(C2=C(N3CCOCC3)C(=O)N(CCc3ccccc3)C2=O)cc1. The van der Waals surface area contributed by atoms with E-state index in [1.807, 2.05) is 66.4 Å². The van der Waals surface area contributed by atoms with Crippen LogP contribution in [-0.4, -0.2) is 61.1 Å². The van der Waals surface area contributed by atoms with Crippen LogP contribution in [0.3, 0.4) is 0 Å². The molecule has 0 saturated carbocycles. The lowest BCUT2D eigenvalue weighted by atomic mass is 10.0. The molecule has 0 unspecified atom stereocenters. The van der Waals surface area contributed by atoms with Gasteiger partial charge in [-0.1, -0.05) is 42.5 Å². The summed E-state index contributed by atoms with van der Waals surface area (Å²) in [5, 5.41) is 0. The van der Waals surface area contributed by atoms with Crippen LogP contribution in [0.15, 0.2) is 60.3 Å². The molecule has 2 aromatic rings. The van der Waals surface area contributed by atoms with Crippen LogP contribution in [0, 0.1) is 0 Å². The van der Waals surface area contributed by atoms with E-state index >= 15 is 0 Å². The maximum absolute atomic E-state index is 13.4. The number of nitrogens with zero attached hydrogens (tertiary/aromatic N) is 2. The van der Waals surface area contributed by atoms with Crippen LogP contribution in [0.1, 0.15) is 18.1 Å². The second-order valence-corrected chi connectivity index (χ2v) is 7.28. The Morgan fingerprint density at radius 2 is 1.63 bits per heavy atom. The number of benzene rings is 2. The van der Waals surface area contributed by atoms with Crippen LogP contribution in [0.25, 0.3) is 5.57 Å². The van der Waals surface area contributed by atoms with Gasteiger partial charge in [0.05, 0.1) is 25.4 Å². The van der Waals surface area contributed by atoms with E-state index in [0.717, 1.165) is 16.9 Å². The van der Waals surface area contributed by atoms with Gasteiger partial charge in [0.2, 0.25) is 0 Å². The Morgan fingerprint density at radius 3 is 2.30 bits per heavy atom. The van der Waals surface area contributed by atoms with Crippen LogP contribution >= 0.6 is 0 Å². The van der Waals surface area contributed by atoms with Crippen molar-refractivity contribution in [3.05, 3.63) is 71.4 Å². The van der Waals surface area contributed by atoms with E-state index in [0.29, 0.717) is 57.1 Å². The third kappa shape index (κ3) is 4.09. The van der Waals surface area contributed by atoms with E-state index in [1.54, 1.807) is 0 Å². The largest absolute Gasteiger partial charge is 0.494 e. The molecule has 156 valence electrons. The lowest BCUT2D eigenvalue weighted by molar-refractivity contribution is -0.137. The van der Waals surface area contributed by atoms with Gasteiger partial charge in [0.25, 0.3) is 11.8 Å². The fourth-order valence-electron chi connectivity index (χ4n) is 3.88. The summed E-state index contributed by atoms with van der Waals surface area (Å²) < 4.78 is 11.0.